The summed E-state index contributed by atoms with van der Waals surface area (Å²) >= 11 is 0. The Hall–Kier alpha value is -3.97. The Morgan fingerprint density at radius 3 is 2.15 bits per heavy atom. The molecular weight excluding hydrogens is 418 g/mol. The number of hydrogen-bond donors (Lipinski definition) is 1. The molecule has 5 rings (SSSR count). The Bertz CT molecular complexity index is 1180. The molecule has 0 aromatic heterocycles. The number of hydroxylamine groups is 1. The number of nitrogens with one attached hydrogen (secondary N) is 1. The lowest BCUT2D eigenvalue weighted by molar-refractivity contribution is -0.143. The number of carbonyl (C=O) groups excluding carboxylic acids is 3. The summed E-state index contributed by atoms with van der Waals surface area (Å²) in [5.74, 6) is -1.41. The van der Waals surface area contributed by atoms with Crippen LogP contribution >= 0.6 is 0 Å². The van der Waals surface area contributed by atoms with Gasteiger partial charge < -0.3 is 5.32 Å². The fourth-order valence-corrected chi connectivity index (χ4v) is 4.50. The van der Waals surface area contributed by atoms with E-state index in [0.29, 0.717) is 5.69 Å². The second-order valence-corrected chi connectivity index (χ2v) is 8.21. The highest BCUT2D eigenvalue weighted by molar-refractivity contribution is 6.07. The number of hydrogen-bond acceptors (Lipinski definition) is 5. The van der Waals surface area contributed by atoms with Crippen LogP contribution < -0.4 is 10.4 Å². The Balaban J connectivity index is 1.50. The molecule has 3 atom stereocenters. The van der Waals surface area contributed by atoms with Crippen LogP contribution in [0.25, 0.3) is 0 Å². The third-order valence-electron chi connectivity index (χ3n) is 5.97. The van der Waals surface area contributed by atoms with Crippen LogP contribution in [-0.4, -0.2) is 28.7 Å². The van der Waals surface area contributed by atoms with E-state index in [4.69, 9.17) is 4.84 Å². The summed E-state index contributed by atoms with van der Waals surface area (Å²) in [6, 6.07) is 25.7. The molecule has 0 spiro atoms. The molecule has 2 heterocycles. The highest BCUT2D eigenvalue weighted by Gasteiger charge is 2.59. The van der Waals surface area contributed by atoms with Crippen LogP contribution in [0.5, 0.6) is 0 Å². The number of anilines is 2. The topological polar surface area (TPSA) is 79.0 Å². The predicted molar refractivity (Wildman–Crippen MR) is 123 cm³/mol. The normalized spacial score (nSPS) is 21.9. The first-order chi connectivity index (χ1) is 16.0. The van der Waals surface area contributed by atoms with Crippen LogP contribution in [0.3, 0.4) is 0 Å². The summed E-state index contributed by atoms with van der Waals surface area (Å²) in [7, 11) is 0. The molecule has 3 aromatic rings. The number of carbonyl (C=O) groups is 3. The SMILES string of the molecule is CC(=O)Nc1ccc([C@H]2[C@@H]3C(=O)N(Cc4ccccc4)C(=O)[C@H]3ON2c2ccccc2)cc1. The monoisotopic (exact) mass is 441 g/mol. The smallest absolute Gasteiger partial charge is 0.262 e. The molecule has 33 heavy (non-hydrogen) atoms. The molecule has 2 saturated heterocycles. The van der Waals surface area contributed by atoms with Crippen molar-refractivity contribution in [3.63, 3.8) is 0 Å². The number of amides is 3. The second-order valence-electron chi connectivity index (χ2n) is 8.21. The fraction of sp³-hybridized carbons (Fsp3) is 0.192. The van der Waals surface area contributed by atoms with E-state index in [1.165, 1.54) is 11.8 Å². The van der Waals surface area contributed by atoms with Crippen molar-refractivity contribution in [2.24, 2.45) is 5.92 Å². The minimum absolute atomic E-state index is 0.161. The number of nitrogens with zero attached hydrogens (tertiary/aromatic N) is 2. The quantitative estimate of drug-likeness (QED) is 0.611. The molecule has 7 nitrogen and oxygen atoms in total. The lowest BCUT2D eigenvalue weighted by Gasteiger charge is -2.29. The summed E-state index contributed by atoms with van der Waals surface area (Å²) in [5, 5.41) is 4.41. The summed E-state index contributed by atoms with van der Waals surface area (Å²) in [4.78, 5) is 45.6. The van der Waals surface area contributed by atoms with Crippen LogP contribution in [0.4, 0.5) is 11.4 Å². The molecule has 0 saturated carbocycles. The van der Waals surface area contributed by atoms with E-state index in [-0.39, 0.29) is 24.3 Å². The summed E-state index contributed by atoms with van der Waals surface area (Å²) in [6.45, 7) is 1.67. The van der Waals surface area contributed by atoms with Gasteiger partial charge in [0, 0.05) is 12.6 Å². The molecule has 166 valence electrons. The van der Waals surface area contributed by atoms with E-state index in [1.54, 1.807) is 17.2 Å². The first-order valence-corrected chi connectivity index (χ1v) is 10.8. The molecule has 2 aliphatic rings. The predicted octanol–water partition coefficient (Wildman–Crippen LogP) is 3.69. The summed E-state index contributed by atoms with van der Waals surface area (Å²) in [5.41, 5.74) is 3.13. The van der Waals surface area contributed by atoms with E-state index in [2.05, 4.69) is 5.32 Å². The van der Waals surface area contributed by atoms with Gasteiger partial charge in [0.05, 0.1) is 18.3 Å². The maximum atomic E-state index is 13.5. The van der Waals surface area contributed by atoms with Crippen molar-refractivity contribution in [1.82, 2.24) is 4.90 Å². The third kappa shape index (κ3) is 3.87. The molecule has 3 amide bonds. The van der Waals surface area contributed by atoms with Gasteiger partial charge in [-0.2, -0.15) is 0 Å². The first-order valence-electron chi connectivity index (χ1n) is 10.8. The maximum Gasteiger partial charge on any atom is 0.262 e. The molecule has 0 unspecified atom stereocenters. The zero-order chi connectivity index (χ0) is 22.9. The zero-order valence-electron chi connectivity index (χ0n) is 18.0. The van der Waals surface area contributed by atoms with Crippen LogP contribution in [0.1, 0.15) is 24.1 Å². The molecule has 0 bridgehead atoms. The lowest BCUT2D eigenvalue weighted by atomic mass is 9.90. The van der Waals surface area contributed by atoms with Gasteiger partial charge in [0.2, 0.25) is 11.8 Å². The number of rotatable bonds is 5. The van der Waals surface area contributed by atoms with Gasteiger partial charge in [-0.25, -0.2) is 5.06 Å². The van der Waals surface area contributed by atoms with E-state index in [0.717, 1.165) is 16.8 Å². The van der Waals surface area contributed by atoms with Crippen LogP contribution in [0, 0.1) is 5.92 Å². The highest BCUT2D eigenvalue weighted by Crippen LogP contribution is 2.47. The average Bonchev–Trinajstić information content (AvgIpc) is 3.33. The molecule has 2 fully saturated rings. The minimum atomic E-state index is -0.888. The van der Waals surface area contributed by atoms with Gasteiger partial charge in [-0.15, -0.1) is 0 Å². The van der Waals surface area contributed by atoms with E-state index < -0.39 is 18.1 Å². The van der Waals surface area contributed by atoms with Gasteiger partial charge in [0.15, 0.2) is 6.10 Å². The van der Waals surface area contributed by atoms with Crippen molar-refractivity contribution in [2.75, 3.05) is 10.4 Å². The van der Waals surface area contributed by atoms with Gasteiger partial charge >= 0.3 is 0 Å². The number of fused-ring (bicyclic) bond motifs is 1. The number of likely N-dealkylation sites (tertiary alicyclic amines) is 1. The van der Waals surface area contributed by atoms with E-state index in [1.807, 2.05) is 72.8 Å². The van der Waals surface area contributed by atoms with Crippen LogP contribution in [0.15, 0.2) is 84.9 Å². The van der Waals surface area contributed by atoms with Crippen molar-refractivity contribution >= 4 is 29.1 Å². The van der Waals surface area contributed by atoms with Gasteiger partial charge in [-0.3, -0.25) is 24.1 Å². The highest BCUT2D eigenvalue weighted by atomic mass is 16.7. The molecule has 2 aliphatic heterocycles. The zero-order valence-corrected chi connectivity index (χ0v) is 18.0. The molecule has 1 N–H and O–H groups in total. The lowest BCUT2D eigenvalue weighted by Crippen LogP contribution is -2.36. The third-order valence-corrected chi connectivity index (χ3v) is 5.97. The van der Waals surface area contributed by atoms with Crippen LogP contribution in [-0.2, 0) is 25.8 Å². The van der Waals surface area contributed by atoms with Crippen molar-refractivity contribution in [3.05, 3.63) is 96.1 Å². The van der Waals surface area contributed by atoms with E-state index >= 15 is 0 Å². The van der Waals surface area contributed by atoms with E-state index in [9.17, 15) is 14.4 Å². The largest absolute Gasteiger partial charge is 0.326 e. The standard InChI is InChI=1S/C26H23N3O4/c1-17(30)27-20-14-12-19(13-15-20)23-22-24(33-29(23)21-10-6-3-7-11-21)26(32)28(25(22)31)16-18-8-4-2-5-9-18/h2-15,22-24H,16H2,1H3,(H,27,30)/t22-,23-,24-/m0/s1. The first kappa shape index (κ1) is 20.9. The van der Waals surface area contributed by atoms with Crippen molar-refractivity contribution in [3.8, 4) is 0 Å². The molecule has 0 radical (unpaired) electrons. The molecule has 7 heteroatoms. The number of benzene rings is 3. The van der Waals surface area contributed by atoms with Crippen LogP contribution in [0.2, 0.25) is 0 Å². The second kappa shape index (κ2) is 8.52. The van der Waals surface area contributed by atoms with Gasteiger partial charge in [-0.05, 0) is 35.4 Å². The molecular formula is C26H23N3O4. The van der Waals surface area contributed by atoms with Gasteiger partial charge in [0.25, 0.3) is 5.91 Å². The van der Waals surface area contributed by atoms with Gasteiger partial charge in [-0.1, -0.05) is 60.7 Å². The summed E-state index contributed by atoms with van der Waals surface area (Å²) < 4.78 is 0. The maximum absolute atomic E-state index is 13.5. The van der Waals surface area contributed by atoms with Crippen molar-refractivity contribution in [1.29, 1.82) is 0 Å². The number of para-hydroxylation sites is 1. The number of imide groups is 1. The Morgan fingerprint density at radius 2 is 1.52 bits per heavy atom. The Morgan fingerprint density at radius 1 is 0.879 bits per heavy atom. The Kier molecular flexibility index (Phi) is 5.40. The molecule has 3 aromatic carbocycles. The Labute approximate surface area is 191 Å². The fourth-order valence-electron chi connectivity index (χ4n) is 4.50. The van der Waals surface area contributed by atoms with Crippen molar-refractivity contribution < 1.29 is 19.2 Å². The molecule has 0 aliphatic carbocycles. The minimum Gasteiger partial charge on any atom is -0.326 e. The summed E-state index contributed by atoms with van der Waals surface area (Å²) in [6.07, 6.45) is -0.888. The van der Waals surface area contributed by atoms with Crippen molar-refractivity contribution in [2.45, 2.75) is 25.6 Å². The average molecular weight is 441 g/mol. The van der Waals surface area contributed by atoms with Gasteiger partial charge in [0.1, 0.15) is 5.92 Å².